The van der Waals surface area contributed by atoms with Gasteiger partial charge in [0.2, 0.25) is 0 Å². The van der Waals surface area contributed by atoms with Gasteiger partial charge in [-0.25, -0.2) is 4.98 Å². The molecule has 0 aliphatic carbocycles. The normalized spacial score (nSPS) is 11.9. The summed E-state index contributed by atoms with van der Waals surface area (Å²) in [7, 11) is 0. The van der Waals surface area contributed by atoms with Gasteiger partial charge in [-0.15, -0.1) is 0 Å². The van der Waals surface area contributed by atoms with Crippen molar-refractivity contribution in [3.8, 4) is 11.5 Å². The van der Waals surface area contributed by atoms with E-state index in [1.165, 1.54) is 0 Å². The Bertz CT molecular complexity index is 602. The number of hydrogen-bond donors (Lipinski definition) is 2. The van der Waals surface area contributed by atoms with Crippen LogP contribution in [0.25, 0.3) is 0 Å². The van der Waals surface area contributed by atoms with Crippen molar-refractivity contribution in [3.05, 3.63) is 53.3 Å². The maximum atomic E-state index is 10.7. The second-order valence-corrected chi connectivity index (χ2v) is 4.60. The summed E-state index contributed by atoms with van der Waals surface area (Å²) in [6.07, 6.45) is 1.83. The van der Waals surface area contributed by atoms with Gasteiger partial charge in [-0.05, 0) is 30.2 Å². The van der Waals surface area contributed by atoms with Gasteiger partial charge < -0.3 is 15.6 Å². The Morgan fingerprint density at radius 1 is 1.30 bits per heavy atom. The van der Waals surface area contributed by atoms with Gasteiger partial charge in [-0.1, -0.05) is 23.7 Å². The van der Waals surface area contributed by atoms with E-state index in [0.717, 1.165) is 5.56 Å². The Balaban J connectivity index is 2.03. The zero-order chi connectivity index (χ0) is 14.5. The maximum absolute atomic E-state index is 10.7. The highest BCUT2D eigenvalue weighted by Crippen LogP contribution is 2.23. The first-order chi connectivity index (χ1) is 9.54. The molecule has 0 amide bonds. The standard InChI is InChI=1S/C14H13ClN2O3/c15-13-8-11(5-6-17-13)20-10-3-1-9(2-4-10)7-12(16)14(18)19/h1-6,8,12H,7,16H2,(H,18,19). The van der Waals surface area contributed by atoms with Crippen molar-refractivity contribution < 1.29 is 14.6 Å². The molecule has 0 aliphatic heterocycles. The molecule has 1 aromatic heterocycles. The molecular formula is C14H13ClN2O3. The molecule has 0 fully saturated rings. The van der Waals surface area contributed by atoms with Crippen LogP contribution in [0.2, 0.25) is 5.15 Å². The highest BCUT2D eigenvalue weighted by molar-refractivity contribution is 6.29. The van der Waals surface area contributed by atoms with Crippen molar-refractivity contribution in [2.75, 3.05) is 0 Å². The average Bonchev–Trinajstić information content (AvgIpc) is 2.41. The highest BCUT2D eigenvalue weighted by atomic mass is 35.5. The fourth-order valence-electron chi connectivity index (χ4n) is 1.62. The molecule has 0 radical (unpaired) electrons. The van der Waals surface area contributed by atoms with E-state index in [0.29, 0.717) is 16.7 Å². The van der Waals surface area contributed by atoms with E-state index in [-0.39, 0.29) is 6.42 Å². The first-order valence-electron chi connectivity index (χ1n) is 5.91. The predicted molar refractivity (Wildman–Crippen MR) is 75.1 cm³/mol. The molecule has 1 unspecified atom stereocenters. The summed E-state index contributed by atoms with van der Waals surface area (Å²) in [6.45, 7) is 0. The number of pyridine rings is 1. The van der Waals surface area contributed by atoms with E-state index in [2.05, 4.69) is 4.98 Å². The van der Waals surface area contributed by atoms with Crippen molar-refractivity contribution in [1.29, 1.82) is 0 Å². The summed E-state index contributed by atoms with van der Waals surface area (Å²) in [5.74, 6) is 0.191. The third-order valence-corrected chi connectivity index (χ3v) is 2.84. The molecule has 1 atom stereocenters. The number of ether oxygens (including phenoxy) is 1. The van der Waals surface area contributed by atoms with E-state index in [1.807, 2.05) is 0 Å². The van der Waals surface area contributed by atoms with Crippen LogP contribution in [0.15, 0.2) is 42.6 Å². The second kappa shape index (κ2) is 6.36. The number of carboxylic acid groups (broad SMARTS) is 1. The zero-order valence-electron chi connectivity index (χ0n) is 10.5. The SMILES string of the molecule is NC(Cc1ccc(Oc2ccnc(Cl)c2)cc1)C(=O)O. The van der Waals surface area contributed by atoms with Crippen LogP contribution < -0.4 is 10.5 Å². The van der Waals surface area contributed by atoms with Crippen molar-refractivity contribution in [2.24, 2.45) is 5.73 Å². The summed E-state index contributed by atoms with van der Waals surface area (Å²) in [4.78, 5) is 14.5. The van der Waals surface area contributed by atoms with E-state index < -0.39 is 12.0 Å². The summed E-state index contributed by atoms with van der Waals surface area (Å²) in [5.41, 5.74) is 6.31. The zero-order valence-corrected chi connectivity index (χ0v) is 11.2. The lowest BCUT2D eigenvalue weighted by molar-refractivity contribution is -0.138. The number of nitrogens with zero attached hydrogens (tertiary/aromatic N) is 1. The second-order valence-electron chi connectivity index (χ2n) is 4.21. The lowest BCUT2D eigenvalue weighted by Crippen LogP contribution is -2.32. The van der Waals surface area contributed by atoms with Crippen LogP contribution >= 0.6 is 11.6 Å². The number of carboxylic acids is 1. The van der Waals surface area contributed by atoms with Crippen LogP contribution in [0, 0.1) is 0 Å². The van der Waals surface area contributed by atoms with Crippen molar-refractivity contribution in [3.63, 3.8) is 0 Å². The van der Waals surface area contributed by atoms with Gasteiger partial charge in [0.1, 0.15) is 22.7 Å². The molecular weight excluding hydrogens is 280 g/mol. The summed E-state index contributed by atoms with van der Waals surface area (Å²) >= 11 is 5.76. The summed E-state index contributed by atoms with van der Waals surface area (Å²) in [5, 5.41) is 9.10. The fraction of sp³-hybridized carbons (Fsp3) is 0.143. The van der Waals surface area contributed by atoms with Gasteiger partial charge in [0.25, 0.3) is 0 Å². The number of nitrogens with two attached hydrogens (primary N) is 1. The molecule has 0 saturated heterocycles. The molecule has 0 bridgehead atoms. The minimum absolute atomic E-state index is 0.275. The van der Waals surface area contributed by atoms with Crippen LogP contribution in [0.1, 0.15) is 5.56 Å². The first-order valence-corrected chi connectivity index (χ1v) is 6.29. The van der Waals surface area contributed by atoms with E-state index in [1.54, 1.807) is 42.6 Å². The van der Waals surface area contributed by atoms with Crippen molar-refractivity contribution >= 4 is 17.6 Å². The molecule has 2 aromatic rings. The monoisotopic (exact) mass is 292 g/mol. The van der Waals surface area contributed by atoms with E-state index >= 15 is 0 Å². The number of hydrogen-bond acceptors (Lipinski definition) is 4. The molecule has 3 N–H and O–H groups in total. The largest absolute Gasteiger partial charge is 0.480 e. The number of carbonyl (C=O) groups is 1. The van der Waals surface area contributed by atoms with Gasteiger partial charge in [0.15, 0.2) is 0 Å². The Hall–Kier alpha value is -2.11. The molecule has 1 aromatic carbocycles. The van der Waals surface area contributed by atoms with Gasteiger partial charge in [0.05, 0.1) is 0 Å². The Morgan fingerprint density at radius 3 is 2.60 bits per heavy atom. The van der Waals surface area contributed by atoms with Gasteiger partial charge in [0, 0.05) is 12.3 Å². The highest BCUT2D eigenvalue weighted by Gasteiger charge is 2.11. The van der Waals surface area contributed by atoms with Gasteiger partial charge in [-0.3, -0.25) is 4.79 Å². The van der Waals surface area contributed by atoms with E-state index in [9.17, 15) is 4.79 Å². The lowest BCUT2D eigenvalue weighted by Gasteiger charge is -2.08. The molecule has 5 nitrogen and oxygen atoms in total. The maximum Gasteiger partial charge on any atom is 0.320 e. The van der Waals surface area contributed by atoms with Gasteiger partial charge >= 0.3 is 5.97 Å². The van der Waals surface area contributed by atoms with Crippen molar-refractivity contribution in [1.82, 2.24) is 4.98 Å². The van der Waals surface area contributed by atoms with Gasteiger partial charge in [-0.2, -0.15) is 0 Å². The average molecular weight is 293 g/mol. The lowest BCUT2D eigenvalue weighted by atomic mass is 10.1. The van der Waals surface area contributed by atoms with Crippen LogP contribution in [0.4, 0.5) is 0 Å². The number of aromatic nitrogens is 1. The molecule has 0 saturated carbocycles. The Kier molecular flexibility index (Phi) is 4.55. The smallest absolute Gasteiger partial charge is 0.320 e. The third-order valence-electron chi connectivity index (χ3n) is 2.63. The molecule has 20 heavy (non-hydrogen) atoms. The van der Waals surface area contributed by atoms with Crippen LogP contribution in [-0.4, -0.2) is 22.1 Å². The molecule has 6 heteroatoms. The van der Waals surface area contributed by atoms with Crippen LogP contribution in [0.3, 0.4) is 0 Å². The molecule has 1 heterocycles. The minimum atomic E-state index is -1.02. The summed E-state index contributed by atoms with van der Waals surface area (Å²) in [6, 6.07) is 9.45. The molecule has 104 valence electrons. The quantitative estimate of drug-likeness (QED) is 0.827. The summed E-state index contributed by atoms with van der Waals surface area (Å²) < 4.78 is 5.59. The molecule has 2 rings (SSSR count). The fourth-order valence-corrected chi connectivity index (χ4v) is 1.78. The predicted octanol–water partition coefficient (Wildman–Crippen LogP) is 2.48. The molecule has 0 spiro atoms. The minimum Gasteiger partial charge on any atom is -0.480 e. The number of aliphatic carboxylic acids is 1. The van der Waals surface area contributed by atoms with Crippen LogP contribution in [0.5, 0.6) is 11.5 Å². The van der Waals surface area contributed by atoms with Crippen LogP contribution in [-0.2, 0) is 11.2 Å². The molecule has 0 aliphatic rings. The Labute approximate surface area is 121 Å². The Morgan fingerprint density at radius 2 is 2.00 bits per heavy atom. The number of benzene rings is 1. The van der Waals surface area contributed by atoms with Crippen molar-refractivity contribution in [2.45, 2.75) is 12.5 Å². The third kappa shape index (κ3) is 3.94. The van der Waals surface area contributed by atoms with E-state index in [4.69, 9.17) is 27.2 Å². The first kappa shape index (κ1) is 14.3. The topological polar surface area (TPSA) is 85.4 Å². The number of rotatable bonds is 5. The number of halogens is 1.